The predicted octanol–water partition coefficient (Wildman–Crippen LogP) is -0.573. The van der Waals surface area contributed by atoms with Crippen LogP contribution in [0.15, 0.2) is 0 Å². The molecule has 3 amide bonds. The maximum atomic E-state index is 11.7. The van der Waals surface area contributed by atoms with Gasteiger partial charge in [0.25, 0.3) is 0 Å². The number of nitrogens with one attached hydrogen (secondary N) is 3. The number of hydrogen-bond acceptors (Lipinski definition) is 3. The fraction of sp³-hybridized carbons (Fsp3) is 0.727. The lowest BCUT2D eigenvalue weighted by Gasteiger charge is -2.26. The van der Waals surface area contributed by atoms with Gasteiger partial charge in [0.2, 0.25) is 5.91 Å². The van der Waals surface area contributed by atoms with E-state index in [1.54, 1.807) is 0 Å². The van der Waals surface area contributed by atoms with Gasteiger partial charge in [0.15, 0.2) is 0 Å². The molecule has 1 aliphatic heterocycles. The number of aliphatic carboxylic acids is 1. The Bertz CT molecular complexity index is 394. The van der Waals surface area contributed by atoms with Gasteiger partial charge in [0.1, 0.15) is 5.54 Å². The summed E-state index contributed by atoms with van der Waals surface area (Å²) in [5, 5.41) is 16.9. The molecule has 18 heavy (non-hydrogen) atoms. The summed E-state index contributed by atoms with van der Waals surface area (Å²) >= 11 is 0. The van der Waals surface area contributed by atoms with Crippen molar-refractivity contribution >= 4 is 17.9 Å². The third-order valence-corrected chi connectivity index (χ3v) is 3.52. The van der Waals surface area contributed by atoms with Gasteiger partial charge in [-0.25, -0.2) is 9.59 Å². The van der Waals surface area contributed by atoms with Crippen molar-refractivity contribution in [3.8, 4) is 0 Å². The number of urea groups is 1. The number of carboxylic acid groups (broad SMARTS) is 1. The van der Waals surface area contributed by atoms with E-state index in [1.807, 2.05) is 0 Å². The molecule has 100 valence electrons. The number of amides is 3. The van der Waals surface area contributed by atoms with E-state index >= 15 is 0 Å². The van der Waals surface area contributed by atoms with Crippen molar-refractivity contribution in [3.05, 3.63) is 0 Å². The van der Waals surface area contributed by atoms with Crippen molar-refractivity contribution in [2.24, 2.45) is 5.92 Å². The monoisotopic (exact) mass is 255 g/mol. The summed E-state index contributed by atoms with van der Waals surface area (Å²) in [6.07, 6.45) is 1.86. The molecule has 0 bridgehead atoms. The summed E-state index contributed by atoms with van der Waals surface area (Å²) < 4.78 is 0. The zero-order valence-corrected chi connectivity index (χ0v) is 10.2. The first-order chi connectivity index (χ1) is 8.41. The van der Waals surface area contributed by atoms with Gasteiger partial charge in [0, 0.05) is 13.0 Å². The number of carboxylic acids is 1. The van der Waals surface area contributed by atoms with Crippen LogP contribution in [0.25, 0.3) is 0 Å². The third kappa shape index (κ3) is 2.55. The van der Waals surface area contributed by atoms with Gasteiger partial charge < -0.3 is 21.1 Å². The van der Waals surface area contributed by atoms with Crippen LogP contribution in [0.3, 0.4) is 0 Å². The Morgan fingerprint density at radius 3 is 2.56 bits per heavy atom. The first-order valence-electron chi connectivity index (χ1n) is 6.00. The smallest absolute Gasteiger partial charge is 0.329 e. The van der Waals surface area contributed by atoms with E-state index in [9.17, 15) is 19.5 Å². The normalized spacial score (nSPS) is 26.1. The van der Waals surface area contributed by atoms with Crippen molar-refractivity contribution in [2.75, 3.05) is 6.54 Å². The molecule has 1 aliphatic carbocycles. The first kappa shape index (κ1) is 12.7. The summed E-state index contributed by atoms with van der Waals surface area (Å²) in [7, 11) is 0. The Morgan fingerprint density at radius 1 is 1.44 bits per heavy atom. The van der Waals surface area contributed by atoms with Crippen LogP contribution in [0.4, 0.5) is 4.79 Å². The molecule has 0 aromatic rings. The Kier molecular flexibility index (Phi) is 3.14. The molecule has 2 fully saturated rings. The second kappa shape index (κ2) is 4.47. The molecule has 0 spiro atoms. The van der Waals surface area contributed by atoms with E-state index in [0.717, 1.165) is 12.8 Å². The molecule has 0 radical (unpaired) electrons. The van der Waals surface area contributed by atoms with Crippen molar-refractivity contribution in [2.45, 2.75) is 37.8 Å². The topological polar surface area (TPSA) is 108 Å². The molecule has 4 N–H and O–H groups in total. The van der Waals surface area contributed by atoms with Crippen LogP contribution in [0, 0.1) is 5.92 Å². The molecule has 2 atom stereocenters. The van der Waals surface area contributed by atoms with Crippen LogP contribution in [0.2, 0.25) is 0 Å². The minimum Gasteiger partial charge on any atom is -0.480 e. The van der Waals surface area contributed by atoms with E-state index in [0.29, 0.717) is 6.54 Å². The maximum Gasteiger partial charge on any atom is 0.329 e. The summed E-state index contributed by atoms with van der Waals surface area (Å²) in [6.45, 7) is 1.91. The molecule has 2 rings (SSSR count). The molecule has 0 aromatic carbocycles. The van der Waals surface area contributed by atoms with Crippen molar-refractivity contribution in [1.29, 1.82) is 0 Å². The van der Waals surface area contributed by atoms with Gasteiger partial charge in [-0.3, -0.25) is 4.79 Å². The summed E-state index contributed by atoms with van der Waals surface area (Å²) in [4.78, 5) is 33.9. The molecular formula is C11H17N3O4. The molecule has 1 heterocycles. The highest BCUT2D eigenvalue weighted by atomic mass is 16.4. The van der Waals surface area contributed by atoms with Crippen LogP contribution in [-0.4, -0.2) is 41.1 Å². The number of hydrogen-bond donors (Lipinski definition) is 4. The van der Waals surface area contributed by atoms with Crippen LogP contribution in [0.5, 0.6) is 0 Å². The Morgan fingerprint density at radius 2 is 2.11 bits per heavy atom. The average Bonchev–Trinajstić information content (AvgIpc) is 3.04. The highest BCUT2D eigenvalue weighted by Gasteiger charge is 2.48. The fourth-order valence-electron chi connectivity index (χ4n) is 2.16. The van der Waals surface area contributed by atoms with Crippen LogP contribution in [-0.2, 0) is 9.59 Å². The van der Waals surface area contributed by atoms with Crippen molar-refractivity contribution in [3.63, 3.8) is 0 Å². The number of carbonyl (C=O) groups is 3. The fourth-order valence-corrected chi connectivity index (χ4v) is 2.16. The van der Waals surface area contributed by atoms with Gasteiger partial charge >= 0.3 is 12.0 Å². The van der Waals surface area contributed by atoms with E-state index < -0.39 is 17.5 Å². The van der Waals surface area contributed by atoms with Crippen molar-refractivity contribution < 1.29 is 19.5 Å². The highest BCUT2D eigenvalue weighted by Crippen LogP contribution is 2.39. The molecule has 7 nitrogen and oxygen atoms in total. The molecule has 2 aliphatic rings. The molecule has 2 unspecified atom stereocenters. The minimum absolute atomic E-state index is 0.0101. The standard InChI is InChI=1S/C11H17N3O4/c1-11(9(16)17,6-2-3-6)14-10(18)13-7-4-8(15)12-5-7/h6-7H,2-5H2,1H3,(H,12,15)(H,16,17)(H2,13,14,18). The molecule has 7 heteroatoms. The van der Waals surface area contributed by atoms with E-state index in [1.165, 1.54) is 6.92 Å². The average molecular weight is 255 g/mol. The summed E-state index contributed by atoms with van der Waals surface area (Å²) in [5.74, 6) is -1.15. The quantitative estimate of drug-likeness (QED) is 0.539. The lowest BCUT2D eigenvalue weighted by molar-refractivity contribution is -0.144. The lowest BCUT2D eigenvalue weighted by Crippen LogP contribution is -2.58. The number of carbonyl (C=O) groups excluding carboxylic acids is 2. The van der Waals surface area contributed by atoms with Crippen LogP contribution in [0.1, 0.15) is 26.2 Å². The van der Waals surface area contributed by atoms with Gasteiger partial charge in [-0.15, -0.1) is 0 Å². The summed E-state index contributed by atoms with van der Waals surface area (Å²) in [5.41, 5.74) is -1.22. The number of rotatable bonds is 4. The molecule has 1 saturated carbocycles. The van der Waals surface area contributed by atoms with Crippen LogP contribution >= 0.6 is 0 Å². The van der Waals surface area contributed by atoms with Gasteiger partial charge in [-0.1, -0.05) is 0 Å². The van der Waals surface area contributed by atoms with Crippen LogP contribution < -0.4 is 16.0 Å². The van der Waals surface area contributed by atoms with Crippen molar-refractivity contribution in [1.82, 2.24) is 16.0 Å². The maximum absolute atomic E-state index is 11.7. The van der Waals surface area contributed by atoms with E-state index in [2.05, 4.69) is 16.0 Å². The molecular weight excluding hydrogens is 238 g/mol. The predicted molar refractivity (Wildman–Crippen MR) is 61.8 cm³/mol. The second-order valence-electron chi connectivity index (χ2n) is 5.09. The van der Waals surface area contributed by atoms with Gasteiger partial charge in [0.05, 0.1) is 6.04 Å². The zero-order chi connectivity index (χ0) is 13.3. The second-order valence-corrected chi connectivity index (χ2v) is 5.09. The SMILES string of the molecule is CC(NC(=O)NC1CNC(=O)C1)(C(=O)O)C1CC1. The molecule has 0 aromatic heterocycles. The highest BCUT2D eigenvalue weighted by molar-refractivity contribution is 5.87. The van der Waals surface area contributed by atoms with Gasteiger partial charge in [-0.2, -0.15) is 0 Å². The minimum atomic E-state index is -1.22. The Balaban J connectivity index is 1.89. The lowest BCUT2D eigenvalue weighted by atomic mass is 9.96. The summed E-state index contributed by atoms with van der Waals surface area (Å²) in [6, 6.07) is -0.803. The molecule has 1 saturated heterocycles. The largest absolute Gasteiger partial charge is 0.480 e. The zero-order valence-electron chi connectivity index (χ0n) is 10.2. The third-order valence-electron chi connectivity index (χ3n) is 3.52. The Labute approximate surface area is 104 Å². The van der Waals surface area contributed by atoms with E-state index in [4.69, 9.17) is 0 Å². The van der Waals surface area contributed by atoms with E-state index in [-0.39, 0.29) is 24.3 Å². The first-order valence-corrected chi connectivity index (χ1v) is 6.00. The van der Waals surface area contributed by atoms with Gasteiger partial charge in [-0.05, 0) is 25.7 Å². The Hall–Kier alpha value is -1.79.